The van der Waals surface area contributed by atoms with Crippen molar-refractivity contribution in [3.8, 4) is 17.0 Å². The van der Waals surface area contributed by atoms with Gasteiger partial charge in [0.05, 0.1) is 19.9 Å². The van der Waals surface area contributed by atoms with Crippen molar-refractivity contribution in [1.82, 2.24) is 19.9 Å². The molecule has 196 valence electrons. The fourth-order valence-corrected chi connectivity index (χ4v) is 4.72. The molecular weight excluding hydrogens is 482 g/mol. The van der Waals surface area contributed by atoms with Crippen molar-refractivity contribution < 1.29 is 14.3 Å². The SMILES string of the molecule is CNc1nccc(-c2cc(NC3CCN(c4nc(C)cc(C(=O)OC)n4)CC3)c3cc(OC)ccc3c2)n1. The minimum atomic E-state index is -0.457. The maximum atomic E-state index is 12.0. The molecule has 38 heavy (non-hydrogen) atoms. The predicted octanol–water partition coefficient (Wildman–Crippen LogP) is 4.31. The number of carbonyl (C=O) groups is 1. The third-order valence-electron chi connectivity index (χ3n) is 6.71. The van der Waals surface area contributed by atoms with E-state index >= 15 is 0 Å². The molecule has 5 rings (SSSR count). The van der Waals surface area contributed by atoms with Crippen molar-refractivity contribution in [1.29, 1.82) is 0 Å². The smallest absolute Gasteiger partial charge is 0.356 e. The molecular formula is C28H31N7O3. The van der Waals surface area contributed by atoms with Crippen LogP contribution in [-0.4, -0.2) is 66.3 Å². The van der Waals surface area contributed by atoms with Crippen LogP contribution in [0.4, 0.5) is 17.6 Å². The Morgan fingerprint density at radius 3 is 2.58 bits per heavy atom. The van der Waals surface area contributed by atoms with Gasteiger partial charge in [-0.2, -0.15) is 0 Å². The van der Waals surface area contributed by atoms with Crippen molar-refractivity contribution in [3.05, 3.63) is 60.0 Å². The van der Waals surface area contributed by atoms with Gasteiger partial charge in [-0.1, -0.05) is 6.07 Å². The molecule has 0 atom stereocenters. The highest BCUT2D eigenvalue weighted by atomic mass is 16.5. The number of anilines is 3. The molecule has 3 heterocycles. The molecule has 1 saturated heterocycles. The minimum Gasteiger partial charge on any atom is -0.497 e. The average Bonchev–Trinajstić information content (AvgIpc) is 2.96. The summed E-state index contributed by atoms with van der Waals surface area (Å²) in [4.78, 5) is 32.0. The van der Waals surface area contributed by atoms with Crippen molar-refractivity contribution in [2.24, 2.45) is 0 Å². The number of piperidine rings is 1. The molecule has 0 radical (unpaired) electrons. The van der Waals surface area contributed by atoms with Crippen LogP contribution in [0.3, 0.4) is 0 Å². The second-order valence-electron chi connectivity index (χ2n) is 9.22. The van der Waals surface area contributed by atoms with Crippen LogP contribution in [0.1, 0.15) is 29.0 Å². The molecule has 2 aromatic heterocycles. The van der Waals surface area contributed by atoms with E-state index < -0.39 is 5.97 Å². The molecule has 10 heteroatoms. The van der Waals surface area contributed by atoms with E-state index in [1.807, 2.05) is 26.1 Å². The summed E-state index contributed by atoms with van der Waals surface area (Å²) < 4.78 is 10.4. The Hall–Kier alpha value is -4.47. The Morgan fingerprint density at radius 2 is 1.84 bits per heavy atom. The number of hydrogen-bond donors (Lipinski definition) is 2. The van der Waals surface area contributed by atoms with Gasteiger partial charge >= 0.3 is 5.97 Å². The second kappa shape index (κ2) is 10.9. The van der Waals surface area contributed by atoms with Crippen LogP contribution in [0.2, 0.25) is 0 Å². The zero-order valence-electron chi connectivity index (χ0n) is 22.0. The largest absolute Gasteiger partial charge is 0.497 e. The molecule has 10 nitrogen and oxygen atoms in total. The van der Waals surface area contributed by atoms with E-state index in [1.165, 1.54) is 7.11 Å². The Morgan fingerprint density at radius 1 is 1.03 bits per heavy atom. The first-order chi connectivity index (χ1) is 18.5. The summed E-state index contributed by atoms with van der Waals surface area (Å²) in [5.41, 5.74) is 3.89. The van der Waals surface area contributed by atoms with E-state index in [2.05, 4.69) is 59.7 Å². The molecule has 0 spiro atoms. The van der Waals surface area contributed by atoms with Gasteiger partial charge in [-0.25, -0.2) is 24.7 Å². The third kappa shape index (κ3) is 5.29. The van der Waals surface area contributed by atoms with Crippen LogP contribution in [0.5, 0.6) is 5.75 Å². The number of carbonyl (C=O) groups excluding carboxylic acids is 1. The average molecular weight is 514 g/mol. The predicted molar refractivity (Wildman–Crippen MR) is 148 cm³/mol. The highest BCUT2D eigenvalue weighted by molar-refractivity contribution is 5.98. The molecule has 0 unspecified atom stereocenters. The number of fused-ring (bicyclic) bond motifs is 1. The maximum absolute atomic E-state index is 12.0. The highest BCUT2D eigenvalue weighted by Gasteiger charge is 2.23. The number of hydrogen-bond acceptors (Lipinski definition) is 10. The summed E-state index contributed by atoms with van der Waals surface area (Å²) >= 11 is 0. The van der Waals surface area contributed by atoms with Crippen molar-refractivity contribution >= 4 is 34.3 Å². The first-order valence-electron chi connectivity index (χ1n) is 12.6. The van der Waals surface area contributed by atoms with E-state index in [0.717, 1.165) is 65.1 Å². The van der Waals surface area contributed by atoms with Crippen LogP contribution in [-0.2, 0) is 4.74 Å². The standard InChI is InChI=1S/C28H31N7O3/c1-17-13-25(26(36)38-4)34-28(31-17)35-11-8-20(9-12-35)32-24-15-19(23-7-10-30-27(29-2)33-23)14-18-5-6-21(37-3)16-22(18)24/h5-7,10,13-16,20,32H,8-9,11-12H2,1-4H3,(H,29,30,33). The number of aromatic nitrogens is 4. The molecule has 1 aliphatic heterocycles. The lowest BCUT2D eigenvalue weighted by Crippen LogP contribution is -2.40. The lowest BCUT2D eigenvalue weighted by molar-refractivity contribution is 0.0593. The molecule has 1 fully saturated rings. The van der Waals surface area contributed by atoms with Crippen molar-refractivity contribution in [2.75, 3.05) is 49.9 Å². The molecule has 0 bridgehead atoms. The summed E-state index contributed by atoms with van der Waals surface area (Å²) in [6.07, 6.45) is 3.53. The van der Waals surface area contributed by atoms with Crippen LogP contribution < -0.4 is 20.3 Å². The van der Waals surface area contributed by atoms with Gasteiger partial charge in [-0.15, -0.1) is 0 Å². The fraction of sp³-hybridized carbons (Fsp3) is 0.321. The first-order valence-corrected chi connectivity index (χ1v) is 12.6. The lowest BCUT2D eigenvalue weighted by Gasteiger charge is -2.33. The maximum Gasteiger partial charge on any atom is 0.356 e. The normalized spacial score (nSPS) is 13.8. The van der Waals surface area contributed by atoms with Gasteiger partial charge < -0.3 is 25.0 Å². The monoisotopic (exact) mass is 513 g/mol. The fourth-order valence-electron chi connectivity index (χ4n) is 4.72. The number of methoxy groups -OCH3 is 2. The second-order valence-corrected chi connectivity index (χ2v) is 9.22. The van der Waals surface area contributed by atoms with Gasteiger partial charge in [0.1, 0.15) is 5.75 Å². The molecule has 0 aliphatic carbocycles. The summed E-state index contributed by atoms with van der Waals surface area (Å²) in [5, 5.41) is 8.97. The minimum absolute atomic E-state index is 0.249. The quantitative estimate of drug-likeness (QED) is 0.346. The zero-order valence-corrected chi connectivity index (χ0v) is 22.0. The summed E-state index contributed by atoms with van der Waals surface area (Å²) in [5.74, 6) is 1.49. The Balaban J connectivity index is 1.40. The summed E-state index contributed by atoms with van der Waals surface area (Å²) in [6, 6.07) is 14.2. The van der Waals surface area contributed by atoms with Crippen LogP contribution >= 0.6 is 0 Å². The highest BCUT2D eigenvalue weighted by Crippen LogP contribution is 2.34. The third-order valence-corrected chi connectivity index (χ3v) is 6.71. The lowest BCUT2D eigenvalue weighted by atomic mass is 10.00. The van der Waals surface area contributed by atoms with E-state index in [0.29, 0.717) is 11.9 Å². The molecule has 2 aromatic carbocycles. The van der Waals surface area contributed by atoms with Gasteiger partial charge in [0.2, 0.25) is 11.9 Å². The van der Waals surface area contributed by atoms with Gasteiger partial charge in [0, 0.05) is 54.7 Å². The number of benzene rings is 2. The van der Waals surface area contributed by atoms with Gasteiger partial charge in [-0.3, -0.25) is 0 Å². The molecule has 0 amide bonds. The number of esters is 1. The number of ether oxygens (including phenoxy) is 2. The first kappa shape index (κ1) is 25.2. The van der Waals surface area contributed by atoms with Gasteiger partial charge in [0.15, 0.2) is 5.69 Å². The van der Waals surface area contributed by atoms with E-state index in [1.54, 1.807) is 19.4 Å². The van der Waals surface area contributed by atoms with Crippen LogP contribution in [0.15, 0.2) is 48.7 Å². The van der Waals surface area contributed by atoms with Crippen molar-refractivity contribution in [3.63, 3.8) is 0 Å². The number of nitrogens with zero attached hydrogens (tertiary/aromatic N) is 5. The topological polar surface area (TPSA) is 114 Å². The number of aryl methyl sites for hydroxylation is 1. The molecule has 2 N–H and O–H groups in total. The molecule has 1 aliphatic rings. The summed E-state index contributed by atoms with van der Waals surface area (Å²) in [7, 11) is 4.84. The van der Waals surface area contributed by atoms with Gasteiger partial charge in [-0.05, 0) is 61.5 Å². The summed E-state index contributed by atoms with van der Waals surface area (Å²) in [6.45, 7) is 3.38. The molecule has 0 saturated carbocycles. The van der Waals surface area contributed by atoms with E-state index in [9.17, 15) is 4.79 Å². The van der Waals surface area contributed by atoms with Gasteiger partial charge in [0.25, 0.3) is 0 Å². The van der Waals surface area contributed by atoms with Crippen LogP contribution in [0, 0.1) is 6.92 Å². The van der Waals surface area contributed by atoms with E-state index in [4.69, 9.17) is 9.47 Å². The Kier molecular flexibility index (Phi) is 7.21. The molecule has 4 aromatic rings. The number of nitrogens with one attached hydrogen (secondary N) is 2. The Labute approximate surface area is 221 Å². The Bertz CT molecular complexity index is 1470. The van der Waals surface area contributed by atoms with E-state index in [-0.39, 0.29) is 11.7 Å². The zero-order chi connectivity index (χ0) is 26.6. The van der Waals surface area contributed by atoms with Crippen LogP contribution in [0.25, 0.3) is 22.0 Å². The number of rotatable bonds is 7. The van der Waals surface area contributed by atoms with Crippen molar-refractivity contribution in [2.45, 2.75) is 25.8 Å².